The molecule has 2 unspecified atom stereocenters. The van der Waals surface area contributed by atoms with Gasteiger partial charge in [0, 0.05) is 20.0 Å². The third-order valence-corrected chi connectivity index (χ3v) is 4.78. The highest BCUT2D eigenvalue weighted by molar-refractivity contribution is 5.90. The summed E-state index contributed by atoms with van der Waals surface area (Å²) < 4.78 is 16.5. The SMILES string of the molecule is C=C/C=C(\C=C)C(=O)O.CO.O=C(OCC1CC(OC(=O)c2ccccc2)CCO1)c1ccccc1. The number of hydrogen-bond donors (Lipinski definition) is 2. The first kappa shape index (κ1) is 30.0. The van der Waals surface area contributed by atoms with Crippen LogP contribution < -0.4 is 0 Å². The van der Waals surface area contributed by atoms with Gasteiger partial charge in [0.15, 0.2) is 0 Å². The fourth-order valence-electron chi connectivity index (χ4n) is 3.04. The first-order valence-corrected chi connectivity index (χ1v) is 11.2. The maximum Gasteiger partial charge on any atom is 0.338 e. The number of benzene rings is 2. The third kappa shape index (κ3) is 10.9. The van der Waals surface area contributed by atoms with Gasteiger partial charge in [0.25, 0.3) is 0 Å². The van der Waals surface area contributed by atoms with Crippen molar-refractivity contribution in [2.75, 3.05) is 20.3 Å². The molecule has 0 aliphatic carbocycles. The lowest BCUT2D eigenvalue weighted by molar-refractivity contribution is -0.132. The Labute approximate surface area is 211 Å². The molecule has 2 aromatic carbocycles. The number of aliphatic hydroxyl groups excluding tert-OH is 1. The highest BCUT2D eigenvalue weighted by Crippen LogP contribution is 2.19. The summed E-state index contributed by atoms with van der Waals surface area (Å²) >= 11 is 0. The average Bonchev–Trinajstić information content (AvgIpc) is 2.93. The number of carbonyl (C=O) groups is 3. The van der Waals surface area contributed by atoms with Crippen molar-refractivity contribution in [3.63, 3.8) is 0 Å². The van der Waals surface area contributed by atoms with Crippen molar-refractivity contribution in [2.45, 2.75) is 25.0 Å². The number of aliphatic carboxylic acids is 1. The molecule has 2 atom stereocenters. The molecule has 0 radical (unpaired) electrons. The summed E-state index contributed by atoms with van der Waals surface area (Å²) in [6, 6.07) is 17.7. The van der Waals surface area contributed by atoms with Crippen LogP contribution in [0, 0.1) is 0 Å². The van der Waals surface area contributed by atoms with E-state index in [0.29, 0.717) is 30.6 Å². The molecule has 1 heterocycles. The van der Waals surface area contributed by atoms with E-state index in [1.54, 1.807) is 48.5 Å². The van der Waals surface area contributed by atoms with E-state index in [4.69, 9.17) is 24.4 Å². The van der Waals surface area contributed by atoms with E-state index in [-0.39, 0.29) is 36.3 Å². The van der Waals surface area contributed by atoms with Gasteiger partial charge in [0.05, 0.1) is 29.4 Å². The van der Waals surface area contributed by atoms with E-state index in [9.17, 15) is 14.4 Å². The highest BCUT2D eigenvalue weighted by atomic mass is 16.6. The summed E-state index contributed by atoms with van der Waals surface area (Å²) in [5.41, 5.74) is 1.19. The monoisotopic (exact) mass is 496 g/mol. The number of ether oxygens (including phenoxy) is 3. The fourth-order valence-corrected chi connectivity index (χ4v) is 3.04. The summed E-state index contributed by atoms with van der Waals surface area (Å²) in [5.74, 6) is -1.70. The van der Waals surface area contributed by atoms with Crippen LogP contribution in [0.15, 0.2) is 97.6 Å². The largest absolute Gasteiger partial charge is 0.478 e. The minimum absolute atomic E-state index is 0.146. The number of carboxylic acid groups (broad SMARTS) is 1. The molecule has 8 nitrogen and oxygen atoms in total. The normalized spacial score (nSPS) is 16.6. The lowest BCUT2D eigenvalue weighted by Gasteiger charge is -2.29. The van der Waals surface area contributed by atoms with Gasteiger partial charge in [-0.25, -0.2) is 14.4 Å². The molecule has 2 N–H and O–H groups in total. The van der Waals surface area contributed by atoms with Crippen molar-refractivity contribution in [3.8, 4) is 0 Å². The van der Waals surface area contributed by atoms with Crippen molar-refractivity contribution in [3.05, 3.63) is 109 Å². The molecule has 192 valence electrons. The predicted molar refractivity (Wildman–Crippen MR) is 136 cm³/mol. The van der Waals surface area contributed by atoms with Gasteiger partial charge in [-0.3, -0.25) is 0 Å². The number of esters is 2. The molecule has 1 aliphatic rings. The second-order valence-corrected chi connectivity index (χ2v) is 7.24. The Bertz CT molecular complexity index is 999. The van der Waals surface area contributed by atoms with Gasteiger partial charge in [-0.1, -0.05) is 61.7 Å². The molecule has 0 spiro atoms. The van der Waals surface area contributed by atoms with Crippen molar-refractivity contribution in [1.82, 2.24) is 0 Å². The summed E-state index contributed by atoms with van der Waals surface area (Å²) in [4.78, 5) is 34.2. The molecule has 0 bridgehead atoms. The Morgan fingerprint density at radius 2 is 1.53 bits per heavy atom. The van der Waals surface area contributed by atoms with Crippen molar-refractivity contribution >= 4 is 17.9 Å². The summed E-state index contributed by atoms with van der Waals surface area (Å²) in [6.07, 6.45) is 4.71. The average molecular weight is 497 g/mol. The molecule has 36 heavy (non-hydrogen) atoms. The standard InChI is InChI=1S/C20H20O5.C7H8O2.CH4O/c21-19(15-7-3-1-4-8-15)24-14-18-13-17(11-12-23-18)25-20(22)16-9-5-2-6-10-16;1-3-5-6(4-2)7(8)9;1-2/h1-10,17-18H,11-14H2;3-5H,1-2H2,(H,8,9);2H,1H3/b;6-5+;. The lowest BCUT2D eigenvalue weighted by Crippen LogP contribution is -2.35. The second kappa shape index (κ2) is 17.4. The second-order valence-electron chi connectivity index (χ2n) is 7.24. The van der Waals surface area contributed by atoms with Crippen LogP contribution in [0.1, 0.15) is 33.6 Å². The number of rotatable bonds is 8. The Morgan fingerprint density at radius 3 is 2.00 bits per heavy atom. The molecular formula is C28H32O8. The van der Waals surface area contributed by atoms with Crippen LogP contribution in [-0.2, 0) is 19.0 Å². The third-order valence-electron chi connectivity index (χ3n) is 4.78. The lowest BCUT2D eigenvalue weighted by atomic mass is 10.1. The van der Waals surface area contributed by atoms with Gasteiger partial charge in [-0.05, 0) is 30.3 Å². The molecular weight excluding hydrogens is 464 g/mol. The van der Waals surface area contributed by atoms with E-state index in [1.807, 2.05) is 12.1 Å². The zero-order valence-corrected chi connectivity index (χ0v) is 20.2. The van der Waals surface area contributed by atoms with Crippen LogP contribution >= 0.6 is 0 Å². The molecule has 0 saturated carbocycles. The first-order chi connectivity index (χ1) is 17.4. The summed E-state index contributed by atoms with van der Waals surface area (Å²) in [5, 5.41) is 15.3. The quantitative estimate of drug-likeness (QED) is 0.317. The van der Waals surface area contributed by atoms with Gasteiger partial charge < -0.3 is 24.4 Å². The first-order valence-electron chi connectivity index (χ1n) is 11.2. The van der Waals surface area contributed by atoms with Crippen LogP contribution in [0.25, 0.3) is 0 Å². The van der Waals surface area contributed by atoms with Gasteiger partial charge in [-0.15, -0.1) is 0 Å². The van der Waals surface area contributed by atoms with Crippen molar-refractivity contribution < 1.29 is 38.8 Å². The molecule has 1 aliphatic heterocycles. The Morgan fingerprint density at radius 1 is 0.972 bits per heavy atom. The molecule has 1 fully saturated rings. The van der Waals surface area contributed by atoms with Gasteiger partial charge in [0.2, 0.25) is 0 Å². The number of hydrogen-bond acceptors (Lipinski definition) is 7. The predicted octanol–water partition coefficient (Wildman–Crippen LogP) is 4.23. The number of carbonyl (C=O) groups excluding carboxylic acids is 2. The fraction of sp³-hybridized carbons (Fsp3) is 0.250. The molecule has 3 rings (SSSR count). The van der Waals surface area contributed by atoms with Gasteiger partial charge >= 0.3 is 17.9 Å². The maximum atomic E-state index is 12.1. The van der Waals surface area contributed by atoms with Crippen LogP contribution in [0.5, 0.6) is 0 Å². The van der Waals surface area contributed by atoms with Crippen LogP contribution in [0.4, 0.5) is 0 Å². The van der Waals surface area contributed by atoms with Crippen molar-refractivity contribution in [1.29, 1.82) is 0 Å². The molecule has 2 aromatic rings. The highest BCUT2D eigenvalue weighted by Gasteiger charge is 2.27. The van der Waals surface area contributed by atoms with Crippen LogP contribution in [0.3, 0.4) is 0 Å². The van der Waals surface area contributed by atoms with E-state index < -0.39 is 5.97 Å². The minimum Gasteiger partial charge on any atom is -0.478 e. The van der Waals surface area contributed by atoms with Gasteiger partial charge in [-0.2, -0.15) is 0 Å². The Kier molecular flexibility index (Phi) is 14.5. The maximum absolute atomic E-state index is 12.1. The number of allylic oxidation sites excluding steroid dienone is 2. The topological polar surface area (TPSA) is 119 Å². The zero-order chi connectivity index (χ0) is 26.8. The summed E-state index contributed by atoms with van der Waals surface area (Å²) in [6.45, 7) is 7.27. The van der Waals surface area contributed by atoms with E-state index >= 15 is 0 Å². The Balaban J connectivity index is 0.000000500. The molecule has 0 amide bonds. The number of aliphatic hydroxyl groups is 1. The Hall–Kier alpha value is -4.01. The smallest absolute Gasteiger partial charge is 0.338 e. The van der Waals surface area contributed by atoms with Crippen LogP contribution in [-0.4, -0.2) is 60.7 Å². The number of carboxylic acids is 1. The minimum atomic E-state index is -0.982. The van der Waals surface area contributed by atoms with Crippen LogP contribution in [0.2, 0.25) is 0 Å². The van der Waals surface area contributed by atoms with Crippen molar-refractivity contribution in [2.24, 2.45) is 0 Å². The molecule has 8 heteroatoms. The molecule has 1 saturated heterocycles. The summed E-state index contributed by atoms with van der Waals surface area (Å²) in [7, 11) is 1.00. The van der Waals surface area contributed by atoms with E-state index in [2.05, 4.69) is 13.2 Å². The zero-order valence-electron chi connectivity index (χ0n) is 20.2. The van der Waals surface area contributed by atoms with E-state index in [1.165, 1.54) is 18.2 Å². The van der Waals surface area contributed by atoms with Gasteiger partial charge in [0.1, 0.15) is 12.7 Å². The van der Waals surface area contributed by atoms with E-state index in [0.717, 1.165) is 7.11 Å². The molecule has 0 aromatic heterocycles.